The predicted octanol–water partition coefficient (Wildman–Crippen LogP) is 9.59. The molecule has 0 saturated carbocycles. The minimum atomic E-state index is -0.151. The van der Waals surface area contributed by atoms with Gasteiger partial charge in [0.25, 0.3) is 0 Å². The summed E-state index contributed by atoms with van der Waals surface area (Å²) in [6.45, 7) is 4.73. The molecule has 4 aliphatic rings. The van der Waals surface area contributed by atoms with Crippen molar-refractivity contribution in [2.45, 2.75) is 50.6 Å². The lowest BCUT2D eigenvalue weighted by atomic mass is 9.77. The molecule has 0 radical (unpaired) electrons. The SMILES string of the molecule is CC1C=Cc2c(sc3ccc(C#N)cc23)C1n1c2c(c3ccccc31)CC#CC(N1c3ccccc3C3CCC=CC31C)=C2. The number of rotatable bonds is 2. The van der Waals surface area contributed by atoms with E-state index in [-0.39, 0.29) is 11.6 Å². The number of para-hydroxylation sites is 2. The number of hydrogen-bond donors (Lipinski definition) is 0. The van der Waals surface area contributed by atoms with Crippen LogP contribution in [-0.4, -0.2) is 10.1 Å². The van der Waals surface area contributed by atoms with Gasteiger partial charge in [0.1, 0.15) is 0 Å². The Balaban J connectivity index is 1.30. The first-order valence-electron chi connectivity index (χ1n) is 15.6. The quantitative estimate of drug-likeness (QED) is 0.153. The highest BCUT2D eigenvalue weighted by atomic mass is 32.1. The van der Waals surface area contributed by atoms with Gasteiger partial charge in [-0.25, -0.2) is 0 Å². The van der Waals surface area contributed by atoms with Crippen molar-refractivity contribution in [3.63, 3.8) is 0 Å². The second kappa shape index (κ2) is 9.36. The van der Waals surface area contributed by atoms with E-state index in [4.69, 9.17) is 0 Å². The Bertz CT molecular complexity index is 2240. The molecule has 4 heteroatoms. The molecule has 3 aromatic carbocycles. The summed E-state index contributed by atoms with van der Waals surface area (Å²) >= 11 is 1.87. The first-order chi connectivity index (χ1) is 21.6. The second-order valence-corrected chi connectivity index (χ2v) is 13.9. The van der Waals surface area contributed by atoms with Crippen molar-refractivity contribution < 1.29 is 0 Å². The monoisotopic (exact) mass is 585 g/mol. The Kier molecular flexibility index (Phi) is 5.47. The van der Waals surface area contributed by atoms with Crippen LogP contribution < -0.4 is 4.90 Å². The maximum absolute atomic E-state index is 9.63. The van der Waals surface area contributed by atoms with Crippen LogP contribution in [-0.2, 0) is 6.42 Å². The van der Waals surface area contributed by atoms with Gasteiger partial charge in [0.15, 0.2) is 0 Å². The molecule has 9 rings (SSSR count). The number of thiophene rings is 1. The summed E-state index contributed by atoms with van der Waals surface area (Å²) in [7, 11) is 0. The molecular weight excluding hydrogens is 555 g/mol. The summed E-state index contributed by atoms with van der Waals surface area (Å²) in [5.74, 6) is 8.01. The molecule has 4 atom stereocenters. The van der Waals surface area contributed by atoms with Gasteiger partial charge in [-0.1, -0.05) is 73.5 Å². The fraction of sp³-hybridized carbons (Fsp3) is 0.225. The van der Waals surface area contributed by atoms with Crippen LogP contribution >= 0.6 is 11.3 Å². The topological polar surface area (TPSA) is 32.0 Å². The van der Waals surface area contributed by atoms with Crippen molar-refractivity contribution >= 4 is 50.2 Å². The summed E-state index contributed by atoms with van der Waals surface area (Å²) in [5, 5.41) is 12.1. The van der Waals surface area contributed by atoms with Gasteiger partial charge in [-0.05, 0) is 78.8 Å². The Labute approximate surface area is 262 Å². The first-order valence-corrected chi connectivity index (χ1v) is 16.4. The van der Waals surface area contributed by atoms with E-state index < -0.39 is 0 Å². The number of allylic oxidation sites excluding steroid dienone is 3. The molecule has 0 N–H and O–H groups in total. The van der Waals surface area contributed by atoms with E-state index in [0.29, 0.717) is 17.4 Å². The normalized spacial score (nSPS) is 24.5. The molecule has 4 unspecified atom stereocenters. The second-order valence-electron chi connectivity index (χ2n) is 12.8. The van der Waals surface area contributed by atoms with Crippen molar-refractivity contribution in [3.8, 4) is 17.9 Å². The molecule has 0 spiro atoms. The van der Waals surface area contributed by atoms with E-state index in [2.05, 4.69) is 132 Å². The smallest absolute Gasteiger partial charge is 0.0991 e. The number of fused-ring (bicyclic) bond motifs is 9. The average molecular weight is 586 g/mol. The summed E-state index contributed by atoms with van der Waals surface area (Å²) in [5.41, 5.74) is 9.42. The van der Waals surface area contributed by atoms with Crippen molar-refractivity contribution in [2.75, 3.05) is 4.90 Å². The zero-order valence-corrected chi connectivity index (χ0v) is 25.7. The fourth-order valence-corrected chi connectivity index (χ4v) is 9.75. The average Bonchev–Trinajstić information content (AvgIpc) is 3.58. The van der Waals surface area contributed by atoms with E-state index in [0.717, 1.165) is 25.0 Å². The van der Waals surface area contributed by atoms with Crippen molar-refractivity contribution in [2.24, 2.45) is 5.92 Å². The number of nitrogens with zero attached hydrogens (tertiary/aromatic N) is 3. The van der Waals surface area contributed by atoms with Crippen LogP contribution in [0.3, 0.4) is 0 Å². The molecule has 3 aliphatic carbocycles. The Hall–Kier alpha value is -4.77. The third-order valence-corrected chi connectivity index (χ3v) is 11.6. The van der Waals surface area contributed by atoms with E-state index in [1.807, 2.05) is 17.4 Å². The third kappa shape index (κ3) is 3.44. The molecule has 1 aliphatic heterocycles. The summed E-state index contributed by atoms with van der Waals surface area (Å²) in [6.07, 6.45) is 14.8. The van der Waals surface area contributed by atoms with Crippen molar-refractivity contribution in [1.82, 2.24) is 4.57 Å². The highest BCUT2D eigenvalue weighted by Gasteiger charge is 2.48. The lowest BCUT2D eigenvalue weighted by Crippen LogP contribution is -2.45. The molecule has 2 aromatic heterocycles. The van der Waals surface area contributed by atoms with Gasteiger partial charge in [0.05, 0.1) is 28.9 Å². The molecule has 0 fully saturated rings. The van der Waals surface area contributed by atoms with Crippen molar-refractivity contribution in [1.29, 1.82) is 5.26 Å². The van der Waals surface area contributed by atoms with Gasteiger partial charge >= 0.3 is 0 Å². The van der Waals surface area contributed by atoms with Crippen LogP contribution in [0.15, 0.2) is 90.7 Å². The fourth-order valence-electron chi connectivity index (χ4n) is 8.37. The molecule has 212 valence electrons. The molecule has 3 heterocycles. The Morgan fingerprint density at radius 1 is 1.05 bits per heavy atom. The molecule has 0 bridgehead atoms. The lowest BCUT2D eigenvalue weighted by Gasteiger charge is -2.40. The van der Waals surface area contributed by atoms with Gasteiger partial charge < -0.3 is 9.47 Å². The van der Waals surface area contributed by atoms with Crippen LogP contribution in [0.1, 0.15) is 71.5 Å². The zero-order chi connectivity index (χ0) is 29.6. The highest BCUT2D eigenvalue weighted by molar-refractivity contribution is 7.19. The predicted molar refractivity (Wildman–Crippen MR) is 183 cm³/mol. The summed E-state index contributed by atoms with van der Waals surface area (Å²) in [4.78, 5) is 3.90. The van der Waals surface area contributed by atoms with Crippen LogP contribution in [0.2, 0.25) is 0 Å². The first kappa shape index (κ1) is 25.7. The van der Waals surface area contributed by atoms with Crippen LogP contribution in [0.4, 0.5) is 5.69 Å². The van der Waals surface area contributed by atoms with Gasteiger partial charge in [0, 0.05) is 55.5 Å². The summed E-state index contributed by atoms with van der Waals surface area (Å²) < 4.78 is 3.84. The number of anilines is 1. The molecular formula is C40H31N3S. The van der Waals surface area contributed by atoms with Crippen LogP contribution in [0.25, 0.3) is 33.1 Å². The zero-order valence-electron chi connectivity index (χ0n) is 24.8. The van der Waals surface area contributed by atoms with Gasteiger partial charge in [-0.3, -0.25) is 0 Å². The minimum absolute atomic E-state index is 0.131. The molecule has 3 nitrogen and oxygen atoms in total. The number of aromatic nitrogens is 1. The number of nitriles is 1. The maximum atomic E-state index is 9.63. The third-order valence-electron chi connectivity index (χ3n) is 10.4. The van der Waals surface area contributed by atoms with E-state index in [1.54, 1.807) is 0 Å². The molecule has 44 heavy (non-hydrogen) atoms. The Morgan fingerprint density at radius 2 is 1.91 bits per heavy atom. The van der Waals surface area contributed by atoms with Gasteiger partial charge in [-0.15, -0.1) is 11.3 Å². The summed E-state index contributed by atoms with van der Waals surface area (Å²) in [6, 6.07) is 26.4. The molecule has 5 aromatic rings. The largest absolute Gasteiger partial charge is 0.332 e. The van der Waals surface area contributed by atoms with Gasteiger partial charge in [0.2, 0.25) is 0 Å². The Morgan fingerprint density at radius 3 is 2.82 bits per heavy atom. The lowest BCUT2D eigenvalue weighted by molar-refractivity contribution is 0.435. The van der Waals surface area contributed by atoms with Crippen LogP contribution in [0, 0.1) is 29.1 Å². The molecule has 0 amide bonds. The van der Waals surface area contributed by atoms with Crippen molar-refractivity contribution in [3.05, 3.63) is 123 Å². The molecule has 0 saturated heterocycles. The highest BCUT2D eigenvalue weighted by Crippen LogP contribution is 2.54. The minimum Gasteiger partial charge on any atom is -0.332 e. The number of hydrogen-bond acceptors (Lipinski definition) is 3. The van der Waals surface area contributed by atoms with E-state index in [9.17, 15) is 5.26 Å². The van der Waals surface area contributed by atoms with Crippen LogP contribution in [0.5, 0.6) is 0 Å². The standard InChI is InChI=1S/C40H31N3S/c1-25-17-19-30-32-22-26(24-41)18-20-37(32)44-39(30)38(25)42-34-15-5-3-11-28(34)29-13-9-10-27(23-36(29)42)43-35-16-6-4-12-31(35)33-14-7-8-21-40(33,43)2/h3-6,8,11-12,15-23,25,33,38H,7,13-14H2,1-2H3. The van der Waals surface area contributed by atoms with E-state index in [1.165, 1.54) is 53.9 Å². The van der Waals surface area contributed by atoms with Gasteiger partial charge in [-0.2, -0.15) is 5.26 Å². The maximum Gasteiger partial charge on any atom is 0.0991 e. The van der Waals surface area contributed by atoms with E-state index >= 15 is 0 Å². The number of benzene rings is 3.